The molecule has 5 nitrogen and oxygen atoms in total. The van der Waals surface area contributed by atoms with E-state index in [1.807, 2.05) is 12.1 Å². The highest BCUT2D eigenvalue weighted by molar-refractivity contribution is 5.87. The molecule has 0 aliphatic carbocycles. The Morgan fingerprint density at radius 3 is 1.86 bits per heavy atom. The highest BCUT2D eigenvalue weighted by Gasteiger charge is 2.02. The first-order valence-corrected chi connectivity index (χ1v) is 6.59. The number of aromatic carboxylic acids is 1. The lowest BCUT2D eigenvalue weighted by molar-refractivity contribution is 0.0697. The molecule has 21 heavy (non-hydrogen) atoms. The molecule has 0 saturated carbocycles. The van der Waals surface area contributed by atoms with Crippen LogP contribution in [0.5, 0.6) is 11.5 Å². The summed E-state index contributed by atoms with van der Waals surface area (Å²) in [5.74, 6) is 0.473. The van der Waals surface area contributed by atoms with Gasteiger partial charge in [0.25, 0.3) is 0 Å². The Hall–Kier alpha value is -2.69. The smallest absolute Gasteiger partial charge is 0.335 e. The van der Waals surface area contributed by atoms with Gasteiger partial charge in [-0.05, 0) is 48.5 Å². The number of anilines is 1. The number of hydrogen-bond acceptors (Lipinski definition) is 4. The van der Waals surface area contributed by atoms with Crippen molar-refractivity contribution >= 4 is 11.7 Å². The van der Waals surface area contributed by atoms with Gasteiger partial charge in [0.1, 0.15) is 11.5 Å². The number of hydrogen-bond donors (Lipinski definition) is 2. The predicted octanol–water partition coefficient (Wildman–Crippen LogP) is 2.81. The number of carbonyl (C=O) groups is 1. The van der Waals surface area contributed by atoms with Crippen LogP contribution in [-0.4, -0.2) is 24.3 Å². The van der Waals surface area contributed by atoms with Gasteiger partial charge < -0.3 is 20.3 Å². The Morgan fingerprint density at radius 1 is 0.905 bits per heavy atom. The molecule has 2 aromatic carbocycles. The van der Waals surface area contributed by atoms with Crippen molar-refractivity contribution in [3.05, 3.63) is 54.1 Å². The molecule has 5 heteroatoms. The van der Waals surface area contributed by atoms with Gasteiger partial charge in [-0.25, -0.2) is 4.79 Å². The Bertz CT molecular complexity index is 578. The van der Waals surface area contributed by atoms with Crippen molar-refractivity contribution in [2.75, 3.05) is 18.9 Å². The zero-order valence-corrected chi connectivity index (χ0v) is 11.5. The molecular formula is C16H17NO4. The molecule has 0 heterocycles. The van der Waals surface area contributed by atoms with E-state index in [2.05, 4.69) is 0 Å². The second-order valence-electron chi connectivity index (χ2n) is 4.45. The lowest BCUT2D eigenvalue weighted by atomic mass is 10.2. The van der Waals surface area contributed by atoms with Gasteiger partial charge in [-0.3, -0.25) is 0 Å². The van der Waals surface area contributed by atoms with Gasteiger partial charge in [0.2, 0.25) is 0 Å². The molecule has 0 unspecified atom stereocenters. The molecule has 0 bridgehead atoms. The standard InChI is InChI=1S/C16H17NO4/c17-13-4-8-15(9-5-13)21-11-1-10-20-14-6-2-12(3-7-14)16(18)19/h2-9H,1,10-11,17H2,(H,18,19). The third-order valence-corrected chi connectivity index (χ3v) is 2.81. The van der Waals surface area contributed by atoms with Crippen LogP contribution in [0, 0.1) is 0 Å². The fraction of sp³-hybridized carbons (Fsp3) is 0.188. The Kier molecular flexibility index (Phi) is 5.04. The number of ether oxygens (including phenoxy) is 2. The quantitative estimate of drug-likeness (QED) is 0.604. The highest BCUT2D eigenvalue weighted by atomic mass is 16.5. The first-order valence-electron chi connectivity index (χ1n) is 6.59. The first-order chi connectivity index (χ1) is 10.1. The molecule has 0 amide bonds. The lowest BCUT2D eigenvalue weighted by Gasteiger charge is -2.08. The molecule has 0 aromatic heterocycles. The summed E-state index contributed by atoms with van der Waals surface area (Å²) in [5.41, 5.74) is 6.53. The molecule has 0 saturated heterocycles. The van der Waals surface area contributed by atoms with Crippen molar-refractivity contribution in [1.82, 2.24) is 0 Å². The third kappa shape index (κ3) is 4.72. The van der Waals surface area contributed by atoms with E-state index in [1.165, 1.54) is 12.1 Å². The van der Waals surface area contributed by atoms with Crippen molar-refractivity contribution in [1.29, 1.82) is 0 Å². The Labute approximate surface area is 122 Å². The van der Waals surface area contributed by atoms with Gasteiger partial charge in [0.15, 0.2) is 0 Å². The summed E-state index contributed by atoms with van der Waals surface area (Å²) in [7, 11) is 0. The maximum absolute atomic E-state index is 10.7. The van der Waals surface area contributed by atoms with Crippen LogP contribution in [-0.2, 0) is 0 Å². The van der Waals surface area contributed by atoms with Crippen LogP contribution in [0.25, 0.3) is 0 Å². The fourth-order valence-electron chi connectivity index (χ4n) is 1.70. The van der Waals surface area contributed by atoms with Gasteiger partial charge in [0.05, 0.1) is 18.8 Å². The van der Waals surface area contributed by atoms with Gasteiger partial charge in [0, 0.05) is 12.1 Å². The predicted molar refractivity (Wildman–Crippen MR) is 79.9 cm³/mol. The van der Waals surface area contributed by atoms with Crippen LogP contribution in [0.4, 0.5) is 5.69 Å². The van der Waals surface area contributed by atoms with E-state index in [1.54, 1.807) is 24.3 Å². The van der Waals surface area contributed by atoms with Crippen molar-refractivity contribution in [3.8, 4) is 11.5 Å². The van der Waals surface area contributed by atoms with E-state index >= 15 is 0 Å². The van der Waals surface area contributed by atoms with E-state index < -0.39 is 5.97 Å². The minimum Gasteiger partial charge on any atom is -0.493 e. The molecule has 0 atom stereocenters. The van der Waals surface area contributed by atoms with Crippen molar-refractivity contribution in [2.45, 2.75) is 6.42 Å². The zero-order chi connectivity index (χ0) is 15.1. The average Bonchev–Trinajstić information content (AvgIpc) is 2.49. The maximum Gasteiger partial charge on any atom is 0.335 e. The minimum atomic E-state index is -0.946. The summed E-state index contributed by atoms with van der Waals surface area (Å²) < 4.78 is 11.0. The Balaban J connectivity index is 1.67. The fourth-order valence-corrected chi connectivity index (χ4v) is 1.70. The summed E-state index contributed by atoms with van der Waals surface area (Å²) in [5, 5.41) is 8.78. The van der Waals surface area contributed by atoms with Gasteiger partial charge >= 0.3 is 5.97 Å². The van der Waals surface area contributed by atoms with Crippen LogP contribution in [0.15, 0.2) is 48.5 Å². The molecule has 0 fully saturated rings. The van der Waals surface area contributed by atoms with Gasteiger partial charge in [-0.2, -0.15) is 0 Å². The number of nitrogens with two attached hydrogens (primary N) is 1. The molecule has 0 aliphatic rings. The number of rotatable bonds is 7. The first kappa shape index (κ1) is 14.7. The normalized spacial score (nSPS) is 10.1. The van der Waals surface area contributed by atoms with Crippen molar-refractivity contribution < 1.29 is 19.4 Å². The molecular weight excluding hydrogens is 270 g/mol. The number of carboxylic acid groups (broad SMARTS) is 1. The topological polar surface area (TPSA) is 81.8 Å². The number of carboxylic acids is 1. The largest absolute Gasteiger partial charge is 0.493 e. The van der Waals surface area contributed by atoms with Gasteiger partial charge in [-0.1, -0.05) is 0 Å². The molecule has 0 spiro atoms. The van der Waals surface area contributed by atoms with E-state index in [9.17, 15) is 4.79 Å². The van der Waals surface area contributed by atoms with Gasteiger partial charge in [-0.15, -0.1) is 0 Å². The molecule has 0 radical (unpaired) electrons. The van der Waals surface area contributed by atoms with Crippen LogP contribution < -0.4 is 15.2 Å². The molecule has 2 rings (SSSR count). The molecule has 3 N–H and O–H groups in total. The maximum atomic E-state index is 10.7. The molecule has 110 valence electrons. The number of nitrogen functional groups attached to an aromatic ring is 1. The number of benzene rings is 2. The summed E-state index contributed by atoms with van der Waals surface area (Å²) in [6.45, 7) is 1.04. The average molecular weight is 287 g/mol. The zero-order valence-electron chi connectivity index (χ0n) is 11.5. The monoisotopic (exact) mass is 287 g/mol. The van der Waals surface area contributed by atoms with Crippen LogP contribution >= 0.6 is 0 Å². The van der Waals surface area contributed by atoms with E-state index in [0.717, 1.165) is 12.2 Å². The third-order valence-electron chi connectivity index (χ3n) is 2.81. The van der Waals surface area contributed by atoms with Crippen molar-refractivity contribution in [3.63, 3.8) is 0 Å². The summed E-state index contributed by atoms with van der Waals surface area (Å²) >= 11 is 0. The van der Waals surface area contributed by atoms with Crippen LogP contribution in [0.2, 0.25) is 0 Å². The lowest BCUT2D eigenvalue weighted by Crippen LogP contribution is -2.05. The highest BCUT2D eigenvalue weighted by Crippen LogP contribution is 2.14. The molecule has 2 aromatic rings. The van der Waals surface area contributed by atoms with Crippen LogP contribution in [0.3, 0.4) is 0 Å². The second-order valence-corrected chi connectivity index (χ2v) is 4.45. The summed E-state index contributed by atoms with van der Waals surface area (Å²) in [6.07, 6.45) is 0.727. The van der Waals surface area contributed by atoms with Crippen LogP contribution in [0.1, 0.15) is 16.8 Å². The summed E-state index contributed by atoms with van der Waals surface area (Å²) in [4.78, 5) is 10.7. The molecule has 0 aliphatic heterocycles. The Morgan fingerprint density at radius 2 is 1.38 bits per heavy atom. The van der Waals surface area contributed by atoms with E-state index in [-0.39, 0.29) is 5.56 Å². The SMILES string of the molecule is Nc1ccc(OCCCOc2ccc(C(=O)O)cc2)cc1. The minimum absolute atomic E-state index is 0.244. The summed E-state index contributed by atoms with van der Waals surface area (Å²) in [6, 6.07) is 13.5. The van der Waals surface area contributed by atoms with Crippen molar-refractivity contribution in [2.24, 2.45) is 0 Å². The van der Waals surface area contributed by atoms with E-state index in [0.29, 0.717) is 24.7 Å². The van der Waals surface area contributed by atoms with E-state index in [4.69, 9.17) is 20.3 Å². The second kappa shape index (κ2) is 7.19.